The Morgan fingerprint density at radius 2 is 2.17 bits per heavy atom. The van der Waals surface area contributed by atoms with Crippen LogP contribution in [0.4, 0.5) is 0 Å². The van der Waals surface area contributed by atoms with Gasteiger partial charge in [0, 0.05) is 30.4 Å². The Kier molecular flexibility index (Phi) is 5.34. The monoisotopic (exact) mass is 253 g/mol. The van der Waals surface area contributed by atoms with E-state index in [1.54, 1.807) is 0 Å². The molecule has 1 N–H and O–H groups in total. The average Bonchev–Trinajstić information content (AvgIpc) is 2.73. The van der Waals surface area contributed by atoms with Gasteiger partial charge in [-0.2, -0.15) is 5.10 Å². The molecule has 0 saturated carbocycles. The number of carbonyl (C=O) groups is 1. The van der Waals surface area contributed by atoms with Gasteiger partial charge in [-0.25, -0.2) is 0 Å². The van der Waals surface area contributed by atoms with Crippen LogP contribution in [-0.2, 0) is 11.3 Å². The highest BCUT2D eigenvalue weighted by Crippen LogP contribution is 2.12. The Morgan fingerprint density at radius 1 is 1.50 bits per heavy atom. The molecule has 0 saturated heterocycles. The highest BCUT2D eigenvalue weighted by molar-refractivity contribution is 5.67. The van der Waals surface area contributed by atoms with Gasteiger partial charge in [0.15, 0.2) is 0 Å². The maximum atomic E-state index is 10.7. The molecule has 0 spiro atoms. The molecule has 0 radical (unpaired) electrons. The predicted octanol–water partition coefficient (Wildman–Crippen LogP) is 2.15. The van der Waals surface area contributed by atoms with Gasteiger partial charge in [0.1, 0.15) is 0 Å². The number of aromatic nitrogens is 2. The molecule has 1 rings (SSSR count). The third-order valence-corrected chi connectivity index (χ3v) is 3.07. The molecule has 5 nitrogen and oxygen atoms in total. The number of aliphatic carboxylic acids is 1. The van der Waals surface area contributed by atoms with E-state index in [2.05, 4.69) is 23.8 Å². The number of hydrogen-bond acceptors (Lipinski definition) is 3. The lowest BCUT2D eigenvalue weighted by Crippen LogP contribution is -2.34. The van der Waals surface area contributed by atoms with Crippen LogP contribution in [0.5, 0.6) is 0 Å². The summed E-state index contributed by atoms with van der Waals surface area (Å²) in [6, 6.07) is 0.389. The second-order valence-corrected chi connectivity index (χ2v) is 4.93. The minimum absolute atomic E-state index is 0.0369. The van der Waals surface area contributed by atoms with E-state index in [-0.39, 0.29) is 12.5 Å². The van der Waals surface area contributed by atoms with Gasteiger partial charge in [0.2, 0.25) is 0 Å². The third kappa shape index (κ3) is 4.14. The molecular weight excluding hydrogens is 230 g/mol. The van der Waals surface area contributed by atoms with Gasteiger partial charge in [0.05, 0.1) is 12.6 Å². The van der Waals surface area contributed by atoms with Crippen LogP contribution in [0.1, 0.15) is 45.7 Å². The van der Waals surface area contributed by atoms with Crippen LogP contribution < -0.4 is 0 Å². The molecule has 0 amide bonds. The topological polar surface area (TPSA) is 58.4 Å². The zero-order valence-electron chi connectivity index (χ0n) is 11.6. The first kappa shape index (κ1) is 14.7. The Bertz CT molecular complexity index is 387. The molecule has 1 aromatic rings. The number of carboxylic acids is 1. The SMILES string of the molecule is CCN(Cc1cnn(C(C)C)c1)C(C)CC(=O)O. The van der Waals surface area contributed by atoms with E-state index >= 15 is 0 Å². The Hall–Kier alpha value is -1.36. The predicted molar refractivity (Wildman–Crippen MR) is 70.4 cm³/mol. The summed E-state index contributed by atoms with van der Waals surface area (Å²) in [4.78, 5) is 12.9. The second kappa shape index (κ2) is 6.54. The van der Waals surface area contributed by atoms with Crippen molar-refractivity contribution in [1.82, 2.24) is 14.7 Å². The molecule has 1 unspecified atom stereocenters. The third-order valence-electron chi connectivity index (χ3n) is 3.07. The van der Waals surface area contributed by atoms with Crippen molar-refractivity contribution in [2.24, 2.45) is 0 Å². The van der Waals surface area contributed by atoms with E-state index in [0.29, 0.717) is 6.04 Å². The minimum Gasteiger partial charge on any atom is -0.481 e. The number of rotatable bonds is 7. The van der Waals surface area contributed by atoms with Crippen molar-refractivity contribution in [3.63, 3.8) is 0 Å². The summed E-state index contributed by atoms with van der Waals surface area (Å²) in [6.07, 6.45) is 4.06. The van der Waals surface area contributed by atoms with Crippen LogP contribution in [0.2, 0.25) is 0 Å². The summed E-state index contributed by atoms with van der Waals surface area (Å²) < 4.78 is 1.92. The fourth-order valence-electron chi connectivity index (χ4n) is 1.94. The van der Waals surface area contributed by atoms with Crippen LogP contribution in [0.15, 0.2) is 12.4 Å². The molecule has 1 aromatic heterocycles. The second-order valence-electron chi connectivity index (χ2n) is 4.93. The molecule has 102 valence electrons. The van der Waals surface area contributed by atoms with Crippen molar-refractivity contribution in [1.29, 1.82) is 0 Å². The fourth-order valence-corrected chi connectivity index (χ4v) is 1.94. The molecule has 0 aliphatic heterocycles. The largest absolute Gasteiger partial charge is 0.481 e. The van der Waals surface area contributed by atoms with Crippen molar-refractivity contribution in [3.8, 4) is 0 Å². The van der Waals surface area contributed by atoms with Gasteiger partial charge in [-0.15, -0.1) is 0 Å². The van der Waals surface area contributed by atoms with Crippen LogP contribution in [0.3, 0.4) is 0 Å². The summed E-state index contributed by atoms with van der Waals surface area (Å²) in [6.45, 7) is 9.75. The first-order valence-electron chi connectivity index (χ1n) is 6.42. The number of hydrogen-bond donors (Lipinski definition) is 1. The van der Waals surface area contributed by atoms with Gasteiger partial charge in [-0.05, 0) is 27.3 Å². The van der Waals surface area contributed by atoms with Gasteiger partial charge in [-0.3, -0.25) is 14.4 Å². The Balaban J connectivity index is 2.64. The smallest absolute Gasteiger partial charge is 0.304 e. The van der Waals surface area contributed by atoms with Crippen LogP contribution in [-0.4, -0.2) is 38.3 Å². The number of nitrogens with zero attached hydrogens (tertiary/aromatic N) is 3. The molecule has 0 bridgehead atoms. The zero-order chi connectivity index (χ0) is 13.7. The van der Waals surface area contributed by atoms with Gasteiger partial charge < -0.3 is 5.11 Å². The molecule has 0 fully saturated rings. The van der Waals surface area contributed by atoms with E-state index in [1.807, 2.05) is 30.9 Å². The summed E-state index contributed by atoms with van der Waals surface area (Å²) >= 11 is 0. The molecule has 5 heteroatoms. The molecule has 0 aliphatic rings. The van der Waals surface area contributed by atoms with Crippen molar-refractivity contribution in [3.05, 3.63) is 18.0 Å². The van der Waals surface area contributed by atoms with Crippen LogP contribution >= 0.6 is 0 Å². The normalized spacial score (nSPS) is 13.2. The van der Waals surface area contributed by atoms with Gasteiger partial charge in [-0.1, -0.05) is 6.92 Å². The maximum absolute atomic E-state index is 10.7. The molecule has 1 heterocycles. The van der Waals surface area contributed by atoms with E-state index in [0.717, 1.165) is 18.7 Å². The fraction of sp³-hybridized carbons (Fsp3) is 0.692. The first-order chi connectivity index (χ1) is 8.43. The molecule has 18 heavy (non-hydrogen) atoms. The van der Waals surface area contributed by atoms with Crippen molar-refractivity contribution < 1.29 is 9.90 Å². The molecular formula is C13H23N3O2. The van der Waals surface area contributed by atoms with Gasteiger partial charge >= 0.3 is 5.97 Å². The minimum atomic E-state index is -0.751. The van der Waals surface area contributed by atoms with Gasteiger partial charge in [0.25, 0.3) is 0 Å². The lowest BCUT2D eigenvalue weighted by atomic mass is 10.2. The van der Waals surface area contributed by atoms with E-state index in [9.17, 15) is 4.79 Å². The quantitative estimate of drug-likeness (QED) is 0.809. The highest BCUT2D eigenvalue weighted by Gasteiger charge is 2.16. The lowest BCUT2D eigenvalue weighted by Gasteiger charge is -2.26. The summed E-state index contributed by atoms with van der Waals surface area (Å²) in [5, 5.41) is 13.1. The molecule has 0 aliphatic carbocycles. The maximum Gasteiger partial charge on any atom is 0.304 e. The highest BCUT2D eigenvalue weighted by atomic mass is 16.4. The summed E-state index contributed by atoms with van der Waals surface area (Å²) in [5.74, 6) is -0.751. The summed E-state index contributed by atoms with van der Waals surface area (Å²) in [5.41, 5.74) is 1.13. The Labute approximate surface area is 108 Å². The lowest BCUT2D eigenvalue weighted by molar-refractivity contribution is -0.138. The Morgan fingerprint density at radius 3 is 2.61 bits per heavy atom. The van der Waals surface area contributed by atoms with Crippen molar-refractivity contribution >= 4 is 5.97 Å². The first-order valence-corrected chi connectivity index (χ1v) is 6.42. The zero-order valence-corrected chi connectivity index (χ0v) is 11.6. The average molecular weight is 253 g/mol. The molecule has 1 atom stereocenters. The van der Waals surface area contributed by atoms with Crippen molar-refractivity contribution in [2.75, 3.05) is 6.54 Å². The molecule has 0 aromatic carbocycles. The van der Waals surface area contributed by atoms with Crippen molar-refractivity contribution in [2.45, 2.75) is 52.7 Å². The standard InChI is InChI=1S/C13H23N3O2/c1-5-15(11(4)6-13(17)18)8-12-7-14-16(9-12)10(2)3/h7,9-11H,5-6,8H2,1-4H3,(H,17,18). The number of carboxylic acid groups (broad SMARTS) is 1. The van der Waals surface area contributed by atoms with E-state index < -0.39 is 5.97 Å². The van der Waals surface area contributed by atoms with Crippen LogP contribution in [0.25, 0.3) is 0 Å². The van der Waals surface area contributed by atoms with E-state index in [4.69, 9.17) is 5.11 Å². The van der Waals surface area contributed by atoms with E-state index in [1.165, 1.54) is 0 Å². The van der Waals surface area contributed by atoms with Crippen LogP contribution in [0, 0.1) is 0 Å². The summed E-state index contributed by atoms with van der Waals surface area (Å²) in [7, 11) is 0.